The number of hydrogen-bond donors (Lipinski definition) is 1. The fourth-order valence-electron chi connectivity index (χ4n) is 1.85. The molecule has 1 heterocycles. The molecule has 2 nitrogen and oxygen atoms in total. The zero-order valence-electron chi connectivity index (χ0n) is 8.12. The van der Waals surface area contributed by atoms with E-state index in [2.05, 4.69) is 45.1 Å². The summed E-state index contributed by atoms with van der Waals surface area (Å²) in [6.07, 6.45) is 1.14. The van der Waals surface area contributed by atoms with E-state index in [-0.39, 0.29) is 0 Å². The van der Waals surface area contributed by atoms with Crippen molar-refractivity contribution in [3.05, 3.63) is 34.3 Å². The molecule has 1 unspecified atom stereocenters. The molecule has 2 rings (SSSR count). The molecule has 1 saturated heterocycles. The van der Waals surface area contributed by atoms with Gasteiger partial charge in [-0.3, -0.25) is 4.90 Å². The summed E-state index contributed by atoms with van der Waals surface area (Å²) in [7, 11) is 0. The normalized spacial score (nSPS) is 22.9. The lowest BCUT2D eigenvalue weighted by Gasteiger charge is -2.14. The van der Waals surface area contributed by atoms with Gasteiger partial charge in [0.1, 0.15) is 0 Å². The number of halogens is 1. The molecule has 0 amide bonds. The van der Waals surface area contributed by atoms with Crippen molar-refractivity contribution in [2.45, 2.75) is 19.0 Å². The Morgan fingerprint density at radius 2 is 2.07 bits per heavy atom. The first-order valence-corrected chi connectivity index (χ1v) is 5.76. The third-order valence-electron chi connectivity index (χ3n) is 2.63. The molecule has 2 N–H and O–H groups in total. The van der Waals surface area contributed by atoms with Crippen molar-refractivity contribution in [2.24, 2.45) is 5.73 Å². The molecule has 1 aliphatic rings. The van der Waals surface area contributed by atoms with Crippen LogP contribution in [0.3, 0.4) is 0 Å². The van der Waals surface area contributed by atoms with Crippen molar-refractivity contribution >= 4 is 15.9 Å². The van der Waals surface area contributed by atoms with Crippen molar-refractivity contribution in [3.8, 4) is 0 Å². The van der Waals surface area contributed by atoms with E-state index in [9.17, 15) is 0 Å². The Morgan fingerprint density at radius 1 is 1.36 bits per heavy atom. The Kier molecular flexibility index (Phi) is 3.21. The van der Waals surface area contributed by atoms with Crippen LogP contribution in [-0.2, 0) is 6.54 Å². The number of hydrogen-bond acceptors (Lipinski definition) is 2. The largest absolute Gasteiger partial charge is 0.326 e. The number of benzene rings is 1. The fraction of sp³-hybridized carbons (Fsp3) is 0.455. The highest BCUT2D eigenvalue weighted by Gasteiger charge is 2.18. The smallest absolute Gasteiger partial charge is 0.0234 e. The van der Waals surface area contributed by atoms with Crippen molar-refractivity contribution < 1.29 is 0 Å². The van der Waals surface area contributed by atoms with Gasteiger partial charge in [0, 0.05) is 30.1 Å². The number of likely N-dealkylation sites (tertiary alicyclic amines) is 1. The second kappa shape index (κ2) is 4.43. The second-order valence-corrected chi connectivity index (χ2v) is 4.83. The Bertz CT molecular complexity index is 297. The summed E-state index contributed by atoms with van der Waals surface area (Å²) in [4.78, 5) is 2.41. The molecule has 0 aromatic heterocycles. The third-order valence-corrected chi connectivity index (χ3v) is 3.16. The monoisotopic (exact) mass is 254 g/mol. The molecule has 1 fully saturated rings. The minimum Gasteiger partial charge on any atom is -0.326 e. The minimum atomic E-state index is 0.380. The average Bonchev–Trinajstić information content (AvgIpc) is 2.56. The van der Waals surface area contributed by atoms with Crippen LogP contribution in [0.1, 0.15) is 12.0 Å². The van der Waals surface area contributed by atoms with Gasteiger partial charge >= 0.3 is 0 Å². The van der Waals surface area contributed by atoms with Crippen molar-refractivity contribution in [1.82, 2.24) is 4.90 Å². The van der Waals surface area contributed by atoms with Crippen LogP contribution >= 0.6 is 15.9 Å². The van der Waals surface area contributed by atoms with Crippen LogP contribution < -0.4 is 5.73 Å². The van der Waals surface area contributed by atoms with Gasteiger partial charge in [-0.2, -0.15) is 0 Å². The Balaban J connectivity index is 1.94. The van der Waals surface area contributed by atoms with Crippen LogP contribution in [0.4, 0.5) is 0 Å². The van der Waals surface area contributed by atoms with E-state index in [0.717, 1.165) is 30.5 Å². The van der Waals surface area contributed by atoms with Gasteiger partial charge in [0.2, 0.25) is 0 Å². The maximum Gasteiger partial charge on any atom is 0.0234 e. The summed E-state index contributed by atoms with van der Waals surface area (Å²) in [5, 5.41) is 0. The van der Waals surface area contributed by atoms with Crippen LogP contribution in [0.15, 0.2) is 28.7 Å². The van der Waals surface area contributed by atoms with E-state index in [4.69, 9.17) is 5.73 Å². The van der Waals surface area contributed by atoms with Crippen molar-refractivity contribution in [3.63, 3.8) is 0 Å². The quantitative estimate of drug-likeness (QED) is 0.875. The fourth-order valence-corrected chi connectivity index (χ4v) is 2.12. The topological polar surface area (TPSA) is 29.3 Å². The van der Waals surface area contributed by atoms with E-state index in [0.29, 0.717) is 6.04 Å². The molecule has 0 spiro atoms. The van der Waals surface area contributed by atoms with Gasteiger partial charge < -0.3 is 5.73 Å². The number of nitrogens with zero attached hydrogens (tertiary/aromatic N) is 1. The maximum absolute atomic E-state index is 5.85. The summed E-state index contributed by atoms with van der Waals surface area (Å²) in [6.45, 7) is 3.20. The Morgan fingerprint density at radius 3 is 2.64 bits per heavy atom. The summed E-state index contributed by atoms with van der Waals surface area (Å²) in [5.41, 5.74) is 7.22. The van der Waals surface area contributed by atoms with Gasteiger partial charge in [-0.25, -0.2) is 0 Å². The van der Waals surface area contributed by atoms with E-state index in [1.807, 2.05) is 0 Å². The van der Waals surface area contributed by atoms with Gasteiger partial charge in [-0.1, -0.05) is 28.1 Å². The molecule has 14 heavy (non-hydrogen) atoms. The molecule has 1 aliphatic heterocycles. The second-order valence-electron chi connectivity index (χ2n) is 3.91. The van der Waals surface area contributed by atoms with Crippen LogP contribution in [0.25, 0.3) is 0 Å². The van der Waals surface area contributed by atoms with Crippen molar-refractivity contribution in [1.29, 1.82) is 0 Å². The van der Waals surface area contributed by atoms with E-state index >= 15 is 0 Å². The molecule has 0 saturated carbocycles. The number of nitrogens with two attached hydrogens (primary N) is 1. The van der Waals surface area contributed by atoms with E-state index in [1.165, 1.54) is 5.56 Å². The van der Waals surface area contributed by atoms with Gasteiger partial charge in [0.15, 0.2) is 0 Å². The molecule has 1 aromatic carbocycles. The van der Waals surface area contributed by atoms with E-state index < -0.39 is 0 Å². The molecular weight excluding hydrogens is 240 g/mol. The SMILES string of the molecule is NC1CCN(Cc2ccc(Br)cc2)C1. The van der Waals surface area contributed by atoms with Gasteiger partial charge in [0.25, 0.3) is 0 Å². The first kappa shape index (κ1) is 10.1. The molecule has 1 aromatic rings. The molecule has 0 aliphatic carbocycles. The lowest BCUT2D eigenvalue weighted by molar-refractivity contribution is 0.327. The molecule has 3 heteroatoms. The predicted octanol–water partition coefficient (Wildman–Crippen LogP) is 1.98. The van der Waals surface area contributed by atoms with Crippen LogP contribution in [0.5, 0.6) is 0 Å². The standard InChI is InChI=1S/C11H15BrN2/c12-10-3-1-9(2-4-10)7-14-6-5-11(13)8-14/h1-4,11H,5-8,13H2. The first-order chi connectivity index (χ1) is 6.74. The summed E-state index contributed by atoms with van der Waals surface area (Å²) >= 11 is 3.43. The Hall–Kier alpha value is -0.380. The van der Waals surface area contributed by atoms with Gasteiger partial charge in [-0.05, 0) is 24.1 Å². The van der Waals surface area contributed by atoms with Gasteiger partial charge in [-0.15, -0.1) is 0 Å². The van der Waals surface area contributed by atoms with E-state index in [1.54, 1.807) is 0 Å². The zero-order chi connectivity index (χ0) is 9.97. The third kappa shape index (κ3) is 2.56. The maximum atomic E-state index is 5.85. The summed E-state index contributed by atoms with van der Waals surface area (Å²) < 4.78 is 1.14. The average molecular weight is 255 g/mol. The van der Waals surface area contributed by atoms with Gasteiger partial charge in [0.05, 0.1) is 0 Å². The lowest BCUT2D eigenvalue weighted by atomic mass is 10.2. The minimum absolute atomic E-state index is 0.380. The summed E-state index contributed by atoms with van der Waals surface area (Å²) in [5.74, 6) is 0. The molecule has 0 radical (unpaired) electrons. The number of rotatable bonds is 2. The van der Waals surface area contributed by atoms with Crippen molar-refractivity contribution in [2.75, 3.05) is 13.1 Å². The highest BCUT2D eigenvalue weighted by Crippen LogP contribution is 2.15. The van der Waals surface area contributed by atoms with Crippen LogP contribution in [-0.4, -0.2) is 24.0 Å². The highest BCUT2D eigenvalue weighted by molar-refractivity contribution is 9.10. The molecule has 0 bridgehead atoms. The van der Waals surface area contributed by atoms with Crippen LogP contribution in [0.2, 0.25) is 0 Å². The highest BCUT2D eigenvalue weighted by atomic mass is 79.9. The zero-order valence-corrected chi connectivity index (χ0v) is 9.70. The summed E-state index contributed by atoms with van der Waals surface area (Å²) in [6, 6.07) is 8.88. The molecular formula is C11H15BrN2. The lowest BCUT2D eigenvalue weighted by Crippen LogP contribution is -2.26. The predicted molar refractivity (Wildman–Crippen MR) is 62.0 cm³/mol. The Labute approximate surface area is 93.2 Å². The molecule has 76 valence electrons. The van der Waals surface area contributed by atoms with Crippen LogP contribution in [0, 0.1) is 0 Å². The molecule has 1 atom stereocenters. The first-order valence-electron chi connectivity index (χ1n) is 4.96.